The number of halogens is 3. The number of anilines is 1. The van der Waals surface area contributed by atoms with Crippen molar-refractivity contribution in [2.45, 2.75) is 42.4 Å². The molecule has 0 atom stereocenters. The van der Waals surface area contributed by atoms with E-state index in [2.05, 4.69) is 15.5 Å². The largest absolute Gasteiger partial charge is 0.451 e. The molecule has 0 radical (unpaired) electrons. The monoisotopic (exact) mass is 477 g/mol. The number of nitrogens with one attached hydrogen (secondary N) is 1. The van der Waals surface area contributed by atoms with Crippen LogP contribution < -0.4 is 5.32 Å². The average Bonchev–Trinajstić information content (AvgIpc) is 3.09. The van der Waals surface area contributed by atoms with E-state index in [0.29, 0.717) is 24.3 Å². The number of carbonyl (C=O) groups excluding carboxylic acids is 1. The average molecular weight is 478 g/mol. The van der Waals surface area contributed by atoms with Crippen LogP contribution in [0.15, 0.2) is 28.3 Å². The molecule has 1 aromatic carbocycles. The maximum absolute atomic E-state index is 12.9. The maximum Gasteiger partial charge on any atom is 0.451 e. The lowest BCUT2D eigenvalue weighted by Crippen LogP contribution is -2.35. The fraction of sp³-hybridized carbons (Fsp3) is 0.500. The van der Waals surface area contributed by atoms with E-state index >= 15 is 0 Å². The number of rotatable bonds is 6. The van der Waals surface area contributed by atoms with Gasteiger partial charge in [0.15, 0.2) is 5.16 Å². The van der Waals surface area contributed by atoms with Gasteiger partial charge in [-0.2, -0.15) is 17.5 Å². The minimum absolute atomic E-state index is 0.0550. The number of thioether (sulfide) groups is 1. The van der Waals surface area contributed by atoms with E-state index in [9.17, 15) is 26.4 Å². The molecule has 1 amide bonds. The molecule has 1 aromatic heterocycles. The zero-order valence-electron chi connectivity index (χ0n) is 16.9. The van der Waals surface area contributed by atoms with Crippen LogP contribution in [0.1, 0.15) is 30.7 Å². The van der Waals surface area contributed by atoms with Crippen LogP contribution in [0.5, 0.6) is 0 Å². The number of amides is 1. The summed E-state index contributed by atoms with van der Waals surface area (Å²) in [6.07, 6.45) is -2.02. The Kier molecular flexibility index (Phi) is 6.96. The minimum atomic E-state index is -4.64. The number of sulfonamides is 1. The lowest BCUT2D eigenvalue weighted by Gasteiger charge is -2.26. The van der Waals surface area contributed by atoms with Gasteiger partial charge in [0.25, 0.3) is 0 Å². The summed E-state index contributed by atoms with van der Waals surface area (Å²) in [7, 11) is -2.49. The third-order valence-electron chi connectivity index (χ3n) is 4.86. The molecular weight excluding hydrogens is 455 g/mol. The Bertz CT molecular complexity index is 1060. The summed E-state index contributed by atoms with van der Waals surface area (Å²) < 4.78 is 66.3. The Morgan fingerprint density at radius 2 is 1.87 bits per heavy atom. The lowest BCUT2D eigenvalue weighted by molar-refractivity contribution is -0.147. The summed E-state index contributed by atoms with van der Waals surface area (Å²) in [5.74, 6) is -1.87. The predicted molar refractivity (Wildman–Crippen MR) is 109 cm³/mol. The van der Waals surface area contributed by atoms with Gasteiger partial charge in [-0.3, -0.25) is 4.79 Å². The molecule has 1 aliphatic rings. The summed E-state index contributed by atoms with van der Waals surface area (Å²) >= 11 is 0.800. The Hall–Kier alpha value is -2.12. The highest BCUT2D eigenvalue weighted by Crippen LogP contribution is 2.30. The van der Waals surface area contributed by atoms with E-state index < -0.39 is 27.9 Å². The molecule has 3 rings (SSSR count). The van der Waals surface area contributed by atoms with Crippen molar-refractivity contribution in [1.82, 2.24) is 19.1 Å². The SMILES string of the molecule is Cc1ccc(S(=O)(=O)N2CCCCC2)cc1NC(=O)CSc1nnc(C(F)(F)F)n1C. The van der Waals surface area contributed by atoms with Crippen LogP contribution >= 0.6 is 11.8 Å². The molecule has 170 valence electrons. The Morgan fingerprint density at radius 1 is 1.19 bits per heavy atom. The molecule has 8 nitrogen and oxygen atoms in total. The van der Waals surface area contributed by atoms with Gasteiger partial charge in [-0.25, -0.2) is 8.42 Å². The molecular formula is C18H22F3N5O3S2. The summed E-state index contributed by atoms with van der Waals surface area (Å²) in [5.41, 5.74) is 0.992. The fourth-order valence-electron chi connectivity index (χ4n) is 3.15. The molecule has 0 aliphatic carbocycles. The standard InChI is InChI=1S/C18H22F3N5O3S2/c1-12-6-7-13(31(28,29)26-8-4-3-5-9-26)10-14(12)22-15(27)11-30-17-24-23-16(25(17)2)18(19,20)21/h6-7,10H,3-5,8-9,11H2,1-2H3,(H,22,27). The summed E-state index contributed by atoms with van der Waals surface area (Å²) in [4.78, 5) is 12.4. The van der Waals surface area contributed by atoms with Gasteiger partial charge >= 0.3 is 6.18 Å². The van der Waals surface area contributed by atoms with E-state index in [1.807, 2.05) is 0 Å². The first-order valence-electron chi connectivity index (χ1n) is 9.50. The molecule has 1 saturated heterocycles. The molecule has 1 N–H and O–H groups in total. The molecule has 31 heavy (non-hydrogen) atoms. The van der Waals surface area contributed by atoms with E-state index in [0.717, 1.165) is 35.6 Å². The van der Waals surface area contributed by atoms with Crippen molar-refractivity contribution in [1.29, 1.82) is 0 Å². The Balaban J connectivity index is 1.69. The maximum atomic E-state index is 12.9. The number of carbonyl (C=O) groups is 1. The van der Waals surface area contributed by atoms with Gasteiger partial charge in [0.2, 0.25) is 21.8 Å². The van der Waals surface area contributed by atoms with Crippen LogP contribution in [0.2, 0.25) is 0 Å². The van der Waals surface area contributed by atoms with E-state index in [1.54, 1.807) is 13.0 Å². The van der Waals surface area contributed by atoms with Crippen LogP contribution in [0.3, 0.4) is 0 Å². The minimum Gasteiger partial charge on any atom is -0.325 e. The van der Waals surface area contributed by atoms with Gasteiger partial charge in [0, 0.05) is 25.8 Å². The highest BCUT2D eigenvalue weighted by Gasteiger charge is 2.37. The molecule has 0 bridgehead atoms. The van der Waals surface area contributed by atoms with E-state index in [4.69, 9.17) is 0 Å². The second-order valence-corrected chi connectivity index (χ2v) is 10.0. The number of hydrogen-bond donors (Lipinski definition) is 1. The number of hydrogen-bond acceptors (Lipinski definition) is 6. The van der Waals surface area contributed by atoms with Gasteiger partial charge in [0.1, 0.15) is 0 Å². The van der Waals surface area contributed by atoms with Gasteiger partial charge < -0.3 is 9.88 Å². The number of aryl methyl sites for hydroxylation is 1. The van der Waals surface area contributed by atoms with Crippen molar-refractivity contribution in [2.75, 3.05) is 24.2 Å². The van der Waals surface area contributed by atoms with Crippen LogP contribution in [-0.4, -0.2) is 52.2 Å². The van der Waals surface area contributed by atoms with Crippen LogP contribution in [0.25, 0.3) is 0 Å². The number of nitrogens with zero attached hydrogens (tertiary/aromatic N) is 4. The highest BCUT2D eigenvalue weighted by molar-refractivity contribution is 7.99. The third kappa shape index (κ3) is 5.39. The topological polar surface area (TPSA) is 97.2 Å². The normalized spacial score (nSPS) is 15.8. The fourth-order valence-corrected chi connectivity index (χ4v) is 5.41. The van der Waals surface area contributed by atoms with E-state index in [1.165, 1.54) is 23.5 Å². The number of aromatic nitrogens is 3. The summed E-state index contributed by atoms with van der Waals surface area (Å²) in [5, 5.41) is 9.15. The van der Waals surface area contributed by atoms with Gasteiger partial charge in [-0.05, 0) is 37.5 Å². The highest BCUT2D eigenvalue weighted by atomic mass is 32.2. The zero-order chi connectivity index (χ0) is 22.8. The van der Waals surface area contributed by atoms with Crippen molar-refractivity contribution in [2.24, 2.45) is 7.05 Å². The quantitative estimate of drug-likeness (QED) is 0.643. The molecule has 0 unspecified atom stereocenters. The van der Waals surface area contributed by atoms with Gasteiger partial charge in [-0.15, -0.1) is 10.2 Å². The van der Waals surface area contributed by atoms with Crippen LogP contribution in [0, 0.1) is 6.92 Å². The van der Waals surface area contributed by atoms with Crippen molar-refractivity contribution in [3.8, 4) is 0 Å². The number of benzene rings is 1. The summed E-state index contributed by atoms with van der Waals surface area (Å²) in [6.45, 7) is 2.65. The molecule has 0 spiro atoms. The second-order valence-electron chi connectivity index (χ2n) is 7.14. The van der Waals surface area contributed by atoms with Crippen molar-refractivity contribution < 1.29 is 26.4 Å². The summed E-state index contributed by atoms with van der Waals surface area (Å²) in [6, 6.07) is 4.52. The van der Waals surface area contributed by atoms with Gasteiger partial charge in [0.05, 0.1) is 10.6 Å². The first-order valence-corrected chi connectivity index (χ1v) is 11.9. The zero-order valence-corrected chi connectivity index (χ0v) is 18.6. The Labute approximate surface area is 182 Å². The third-order valence-corrected chi connectivity index (χ3v) is 7.77. The van der Waals surface area contributed by atoms with E-state index in [-0.39, 0.29) is 15.8 Å². The molecule has 1 aliphatic heterocycles. The van der Waals surface area contributed by atoms with Crippen molar-refractivity contribution >= 4 is 33.4 Å². The lowest BCUT2D eigenvalue weighted by atomic mass is 10.2. The number of alkyl halides is 3. The van der Waals surface area contributed by atoms with Crippen molar-refractivity contribution in [3.63, 3.8) is 0 Å². The van der Waals surface area contributed by atoms with Crippen LogP contribution in [0.4, 0.5) is 18.9 Å². The van der Waals surface area contributed by atoms with Crippen molar-refractivity contribution in [3.05, 3.63) is 29.6 Å². The number of piperidine rings is 1. The molecule has 2 aromatic rings. The molecule has 2 heterocycles. The second kappa shape index (κ2) is 9.17. The smallest absolute Gasteiger partial charge is 0.325 e. The molecule has 13 heteroatoms. The van der Waals surface area contributed by atoms with Crippen LogP contribution in [-0.2, 0) is 28.0 Å². The van der Waals surface area contributed by atoms with Gasteiger partial charge in [-0.1, -0.05) is 24.2 Å². The first kappa shape index (κ1) is 23.5. The molecule has 1 fully saturated rings. The first-order chi connectivity index (χ1) is 14.5. The predicted octanol–water partition coefficient (Wildman–Crippen LogP) is 3.05. The Morgan fingerprint density at radius 3 is 2.48 bits per heavy atom. The molecule has 0 saturated carbocycles.